The average Bonchev–Trinajstić information content (AvgIpc) is 2.83. The van der Waals surface area contributed by atoms with Crippen LogP contribution >= 0.6 is 0 Å². The summed E-state index contributed by atoms with van der Waals surface area (Å²) in [5, 5.41) is 10.2. The first-order valence-electron chi connectivity index (χ1n) is 7.07. The van der Waals surface area contributed by atoms with Crippen LogP contribution in [-0.4, -0.2) is 24.2 Å². The van der Waals surface area contributed by atoms with Crippen molar-refractivity contribution >= 4 is 5.91 Å². The van der Waals surface area contributed by atoms with Crippen LogP contribution < -0.4 is 10.6 Å². The van der Waals surface area contributed by atoms with E-state index < -0.39 is 0 Å². The van der Waals surface area contributed by atoms with Gasteiger partial charge in [-0.3, -0.25) is 4.79 Å². The van der Waals surface area contributed by atoms with E-state index in [1.807, 2.05) is 13.0 Å². The largest absolute Gasteiger partial charge is 0.359 e. The molecule has 1 aromatic heterocycles. The van der Waals surface area contributed by atoms with E-state index in [9.17, 15) is 4.79 Å². The van der Waals surface area contributed by atoms with Crippen LogP contribution in [0.4, 0.5) is 0 Å². The Balaban J connectivity index is 1.95. The molecule has 5 nitrogen and oxygen atoms in total. The predicted molar refractivity (Wildman–Crippen MR) is 72.5 cm³/mol. The van der Waals surface area contributed by atoms with Gasteiger partial charge in [0.25, 0.3) is 0 Å². The lowest BCUT2D eigenvalue weighted by molar-refractivity contribution is -0.132. The molecule has 19 heavy (non-hydrogen) atoms. The fraction of sp³-hybridized carbons (Fsp3) is 0.714. The van der Waals surface area contributed by atoms with E-state index in [0.29, 0.717) is 12.3 Å². The van der Waals surface area contributed by atoms with Crippen LogP contribution in [0.2, 0.25) is 0 Å². The van der Waals surface area contributed by atoms with Gasteiger partial charge in [-0.25, -0.2) is 0 Å². The van der Waals surface area contributed by atoms with Gasteiger partial charge >= 0.3 is 0 Å². The quantitative estimate of drug-likeness (QED) is 0.851. The van der Waals surface area contributed by atoms with Crippen molar-refractivity contribution in [3.63, 3.8) is 0 Å². The maximum atomic E-state index is 12.5. The van der Waals surface area contributed by atoms with Crippen molar-refractivity contribution in [3.8, 4) is 0 Å². The number of amides is 1. The fourth-order valence-corrected chi connectivity index (χ4v) is 2.82. The molecule has 2 rings (SSSR count). The van der Waals surface area contributed by atoms with E-state index in [1.165, 1.54) is 0 Å². The Hall–Kier alpha value is -1.36. The minimum atomic E-state index is -0.248. The molecule has 2 N–H and O–H groups in total. The molecule has 2 heterocycles. The minimum Gasteiger partial charge on any atom is -0.359 e. The standard InChI is InChI=1S/C14H23N3O2/c1-3-5-14(6-4-7-15-10-14)13(18)16-9-12-8-11(2)17-19-12/h8,15H,3-7,9-10H2,1-2H3,(H,16,18). The van der Waals surface area contributed by atoms with Crippen molar-refractivity contribution in [1.82, 2.24) is 15.8 Å². The first-order chi connectivity index (χ1) is 9.16. The number of nitrogens with one attached hydrogen (secondary N) is 2. The van der Waals surface area contributed by atoms with Gasteiger partial charge in [0.1, 0.15) is 0 Å². The molecule has 0 aliphatic carbocycles. The highest BCUT2D eigenvalue weighted by Gasteiger charge is 2.38. The maximum absolute atomic E-state index is 12.5. The topological polar surface area (TPSA) is 67.2 Å². The van der Waals surface area contributed by atoms with E-state index in [4.69, 9.17) is 4.52 Å². The summed E-state index contributed by atoms with van der Waals surface area (Å²) in [5.41, 5.74) is 0.592. The zero-order chi connectivity index (χ0) is 13.7. The lowest BCUT2D eigenvalue weighted by Gasteiger charge is -2.36. The zero-order valence-electron chi connectivity index (χ0n) is 11.8. The molecule has 1 aliphatic heterocycles. The molecule has 1 aromatic rings. The molecule has 1 atom stereocenters. The molecular weight excluding hydrogens is 242 g/mol. The van der Waals surface area contributed by atoms with Crippen molar-refractivity contribution in [2.75, 3.05) is 13.1 Å². The number of carbonyl (C=O) groups excluding carboxylic acids is 1. The summed E-state index contributed by atoms with van der Waals surface area (Å²) in [6, 6.07) is 1.85. The summed E-state index contributed by atoms with van der Waals surface area (Å²) in [7, 11) is 0. The van der Waals surface area contributed by atoms with Gasteiger partial charge in [0, 0.05) is 12.6 Å². The van der Waals surface area contributed by atoms with Crippen molar-refractivity contribution < 1.29 is 9.32 Å². The summed E-state index contributed by atoms with van der Waals surface area (Å²) in [4.78, 5) is 12.5. The molecule has 0 bridgehead atoms. The highest BCUT2D eigenvalue weighted by molar-refractivity contribution is 5.83. The van der Waals surface area contributed by atoms with E-state index >= 15 is 0 Å². The number of aromatic nitrogens is 1. The first-order valence-corrected chi connectivity index (χ1v) is 7.07. The van der Waals surface area contributed by atoms with Gasteiger partial charge < -0.3 is 15.2 Å². The second kappa shape index (κ2) is 6.19. The molecule has 0 aromatic carbocycles. The van der Waals surface area contributed by atoms with Crippen molar-refractivity contribution in [2.24, 2.45) is 5.41 Å². The fourth-order valence-electron chi connectivity index (χ4n) is 2.82. The Labute approximate surface area is 114 Å². The summed E-state index contributed by atoms with van der Waals surface area (Å²) in [6.45, 7) is 6.22. The Kier molecular flexibility index (Phi) is 4.58. The van der Waals surface area contributed by atoms with Crippen molar-refractivity contribution in [3.05, 3.63) is 17.5 Å². The summed E-state index contributed by atoms with van der Waals surface area (Å²) in [5.74, 6) is 0.844. The number of carbonyl (C=O) groups is 1. The number of hydrogen-bond acceptors (Lipinski definition) is 4. The van der Waals surface area contributed by atoms with Gasteiger partial charge in [0.05, 0.1) is 17.7 Å². The molecule has 1 aliphatic rings. The third kappa shape index (κ3) is 3.35. The molecule has 0 saturated carbocycles. The van der Waals surface area contributed by atoms with Gasteiger partial charge in [-0.05, 0) is 32.7 Å². The normalized spacial score (nSPS) is 23.3. The second-order valence-corrected chi connectivity index (χ2v) is 5.43. The molecule has 1 saturated heterocycles. The zero-order valence-corrected chi connectivity index (χ0v) is 11.8. The monoisotopic (exact) mass is 265 g/mol. The lowest BCUT2D eigenvalue weighted by Crippen LogP contribution is -2.50. The van der Waals surface area contributed by atoms with Gasteiger partial charge in [-0.15, -0.1) is 0 Å². The number of rotatable bonds is 5. The molecule has 0 spiro atoms. The van der Waals surface area contributed by atoms with Crippen molar-refractivity contribution in [1.29, 1.82) is 0 Å². The first kappa shape index (κ1) is 14.1. The second-order valence-electron chi connectivity index (χ2n) is 5.43. The van der Waals surface area contributed by atoms with Crippen LogP contribution in [0.15, 0.2) is 10.6 Å². The van der Waals surface area contributed by atoms with Crippen molar-refractivity contribution in [2.45, 2.75) is 46.1 Å². The molecule has 0 radical (unpaired) electrons. The number of piperidine rings is 1. The van der Waals surface area contributed by atoms with Crippen LogP contribution in [0, 0.1) is 12.3 Å². The Bertz CT molecular complexity index is 417. The van der Waals surface area contributed by atoms with E-state index in [1.54, 1.807) is 0 Å². The Morgan fingerprint density at radius 2 is 2.47 bits per heavy atom. The number of hydrogen-bond donors (Lipinski definition) is 2. The van der Waals surface area contributed by atoms with Gasteiger partial charge in [0.15, 0.2) is 5.76 Å². The third-order valence-corrected chi connectivity index (χ3v) is 3.78. The lowest BCUT2D eigenvalue weighted by atomic mass is 9.76. The van der Waals surface area contributed by atoms with Crippen LogP contribution in [0.3, 0.4) is 0 Å². The maximum Gasteiger partial charge on any atom is 0.227 e. The van der Waals surface area contributed by atoms with E-state index in [2.05, 4.69) is 22.7 Å². The smallest absolute Gasteiger partial charge is 0.227 e. The van der Waals surface area contributed by atoms with Crippen LogP contribution in [0.25, 0.3) is 0 Å². The van der Waals surface area contributed by atoms with Crippen LogP contribution in [0.1, 0.15) is 44.1 Å². The third-order valence-electron chi connectivity index (χ3n) is 3.78. The number of aryl methyl sites for hydroxylation is 1. The summed E-state index contributed by atoms with van der Waals surface area (Å²) >= 11 is 0. The highest BCUT2D eigenvalue weighted by atomic mass is 16.5. The molecule has 1 unspecified atom stereocenters. The summed E-state index contributed by atoms with van der Waals surface area (Å²) in [6.07, 6.45) is 3.99. The Morgan fingerprint density at radius 3 is 3.05 bits per heavy atom. The average molecular weight is 265 g/mol. The minimum absolute atomic E-state index is 0.135. The Morgan fingerprint density at radius 1 is 1.63 bits per heavy atom. The SMILES string of the molecule is CCCC1(C(=O)NCc2cc(C)no2)CCCNC1. The molecule has 1 fully saturated rings. The van der Waals surface area contributed by atoms with Crippen LogP contribution in [-0.2, 0) is 11.3 Å². The van der Waals surface area contributed by atoms with Gasteiger partial charge in [-0.2, -0.15) is 0 Å². The summed E-state index contributed by atoms with van der Waals surface area (Å²) < 4.78 is 5.11. The van der Waals surface area contributed by atoms with Gasteiger partial charge in [-0.1, -0.05) is 18.5 Å². The highest BCUT2D eigenvalue weighted by Crippen LogP contribution is 2.31. The van der Waals surface area contributed by atoms with Gasteiger partial charge in [0.2, 0.25) is 5.91 Å². The predicted octanol–water partition coefficient (Wildman–Crippen LogP) is 1.77. The van der Waals surface area contributed by atoms with Crippen LogP contribution in [0.5, 0.6) is 0 Å². The number of nitrogens with zero attached hydrogens (tertiary/aromatic N) is 1. The molecule has 5 heteroatoms. The molecular formula is C14H23N3O2. The molecule has 1 amide bonds. The van der Waals surface area contributed by atoms with E-state index in [0.717, 1.165) is 44.5 Å². The van der Waals surface area contributed by atoms with E-state index in [-0.39, 0.29) is 11.3 Å². The molecule has 106 valence electrons.